The van der Waals surface area contributed by atoms with Gasteiger partial charge in [0.15, 0.2) is 5.82 Å². The quantitative estimate of drug-likeness (QED) is 0.723. The molecule has 0 aromatic carbocycles. The van der Waals surface area contributed by atoms with Crippen molar-refractivity contribution >= 4 is 0 Å². The van der Waals surface area contributed by atoms with Gasteiger partial charge in [-0.05, 0) is 24.3 Å². The van der Waals surface area contributed by atoms with Crippen molar-refractivity contribution in [3.05, 3.63) is 60.9 Å². The van der Waals surface area contributed by atoms with E-state index in [0.717, 1.165) is 17.3 Å². The number of hydrogen-bond acceptors (Lipinski definition) is 5. The van der Waals surface area contributed by atoms with Crippen molar-refractivity contribution in [1.82, 2.24) is 14.5 Å². The van der Waals surface area contributed by atoms with E-state index in [1.54, 1.807) is 24.7 Å². The van der Waals surface area contributed by atoms with E-state index >= 15 is 0 Å². The van der Waals surface area contributed by atoms with Gasteiger partial charge in [0.05, 0.1) is 25.5 Å². The van der Waals surface area contributed by atoms with Gasteiger partial charge in [0, 0.05) is 18.6 Å². The Kier molecular flexibility index (Phi) is 4.62. The van der Waals surface area contributed by atoms with E-state index in [2.05, 4.69) is 9.97 Å². The molecule has 22 heavy (non-hydrogen) atoms. The van der Waals surface area contributed by atoms with E-state index in [1.165, 1.54) is 0 Å². The van der Waals surface area contributed by atoms with Gasteiger partial charge in [-0.15, -0.1) is 0 Å². The number of aliphatic hydroxyl groups is 1. The van der Waals surface area contributed by atoms with E-state index in [0.29, 0.717) is 13.2 Å². The van der Waals surface area contributed by atoms with E-state index < -0.39 is 6.10 Å². The summed E-state index contributed by atoms with van der Waals surface area (Å²) in [5.74, 6) is 1.47. The number of rotatable bonds is 7. The molecule has 0 fully saturated rings. The summed E-state index contributed by atoms with van der Waals surface area (Å²) in [6, 6.07) is 9.29. The fourth-order valence-corrected chi connectivity index (χ4v) is 2.15. The predicted molar refractivity (Wildman–Crippen MR) is 79.8 cm³/mol. The largest absolute Gasteiger partial charge is 0.467 e. The lowest BCUT2D eigenvalue weighted by atomic mass is 10.3. The van der Waals surface area contributed by atoms with Crippen LogP contribution in [0.4, 0.5) is 0 Å². The number of furan rings is 1. The van der Waals surface area contributed by atoms with Gasteiger partial charge in [-0.25, -0.2) is 4.98 Å². The highest BCUT2D eigenvalue weighted by Crippen LogP contribution is 2.14. The third-order valence-electron chi connectivity index (χ3n) is 3.15. The van der Waals surface area contributed by atoms with Gasteiger partial charge >= 0.3 is 0 Å². The monoisotopic (exact) mass is 299 g/mol. The molecule has 0 radical (unpaired) electrons. The van der Waals surface area contributed by atoms with Crippen molar-refractivity contribution in [2.75, 3.05) is 6.61 Å². The Hall–Kier alpha value is -2.44. The van der Waals surface area contributed by atoms with Gasteiger partial charge in [0.1, 0.15) is 18.1 Å². The molecule has 0 spiro atoms. The van der Waals surface area contributed by atoms with Crippen LogP contribution in [0.5, 0.6) is 0 Å². The Bertz CT molecular complexity index is 680. The lowest BCUT2D eigenvalue weighted by molar-refractivity contribution is 0.0149. The van der Waals surface area contributed by atoms with Gasteiger partial charge in [-0.2, -0.15) is 0 Å². The Balaban J connectivity index is 1.56. The summed E-state index contributed by atoms with van der Waals surface area (Å²) in [5, 5.41) is 10.1. The molecule has 0 aliphatic carbocycles. The molecule has 0 saturated heterocycles. The van der Waals surface area contributed by atoms with Crippen molar-refractivity contribution in [2.24, 2.45) is 0 Å². The first kappa shape index (κ1) is 14.5. The number of ether oxygens (including phenoxy) is 1. The number of hydrogen-bond donors (Lipinski definition) is 1. The van der Waals surface area contributed by atoms with Crippen LogP contribution in [0.15, 0.2) is 59.6 Å². The van der Waals surface area contributed by atoms with Gasteiger partial charge in [-0.3, -0.25) is 4.98 Å². The molecule has 3 aromatic heterocycles. The molecule has 3 aromatic rings. The molecule has 0 aliphatic rings. The fraction of sp³-hybridized carbons (Fsp3) is 0.250. The summed E-state index contributed by atoms with van der Waals surface area (Å²) < 4.78 is 12.5. The maximum atomic E-state index is 10.1. The van der Waals surface area contributed by atoms with Gasteiger partial charge < -0.3 is 18.8 Å². The van der Waals surface area contributed by atoms with Crippen LogP contribution in [0.25, 0.3) is 11.5 Å². The number of imidazole rings is 1. The van der Waals surface area contributed by atoms with Crippen molar-refractivity contribution in [3.8, 4) is 11.5 Å². The van der Waals surface area contributed by atoms with E-state index in [-0.39, 0.29) is 6.61 Å². The first-order valence-electron chi connectivity index (χ1n) is 7.03. The highest BCUT2D eigenvalue weighted by molar-refractivity contribution is 5.48. The van der Waals surface area contributed by atoms with Gasteiger partial charge in [-0.1, -0.05) is 6.07 Å². The summed E-state index contributed by atoms with van der Waals surface area (Å²) in [4.78, 5) is 8.57. The van der Waals surface area contributed by atoms with Crippen molar-refractivity contribution in [3.63, 3.8) is 0 Å². The molecule has 6 heteroatoms. The van der Waals surface area contributed by atoms with E-state index in [9.17, 15) is 5.11 Å². The second kappa shape index (κ2) is 7.02. The first-order chi connectivity index (χ1) is 10.8. The zero-order chi connectivity index (χ0) is 15.2. The standard InChI is InChI=1S/C16H17N3O3/c20-13(11-21-12-14-4-3-9-22-14)10-19-8-7-18-16(19)15-5-1-2-6-17-15/h1-9,13,20H,10-12H2. The van der Waals surface area contributed by atoms with Crippen LogP contribution >= 0.6 is 0 Å². The lowest BCUT2D eigenvalue weighted by Gasteiger charge is -2.13. The average molecular weight is 299 g/mol. The highest BCUT2D eigenvalue weighted by Gasteiger charge is 2.11. The molecular weight excluding hydrogens is 282 g/mol. The number of pyridine rings is 1. The maximum absolute atomic E-state index is 10.1. The summed E-state index contributed by atoms with van der Waals surface area (Å²) in [6.07, 6.45) is 6.20. The van der Waals surface area contributed by atoms with Crippen molar-refractivity contribution < 1.29 is 14.3 Å². The smallest absolute Gasteiger partial charge is 0.158 e. The molecule has 114 valence electrons. The van der Waals surface area contributed by atoms with Crippen LogP contribution in [0, 0.1) is 0 Å². The molecule has 6 nitrogen and oxygen atoms in total. The molecule has 3 heterocycles. The van der Waals surface area contributed by atoms with Gasteiger partial charge in [0.25, 0.3) is 0 Å². The van der Waals surface area contributed by atoms with Crippen LogP contribution in [-0.2, 0) is 17.9 Å². The third kappa shape index (κ3) is 3.60. The normalized spacial score (nSPS) is 12.4. The second-order valence-corrected chi connectivity index (χ2v) is 4.87. The van der Waals surface area contributed by atoms with Crippen molar-refractivity contribution in [1.29, 1.82) is 0 Å². The molecule has 0 bridgehead atoms. The number of aliphatic hydroxyl groups excluding tert-OH is 1. The summed E-state index contributed by atoms with van der Waals surface area (Å²) >= 11 is 0. The Morgan fingerprint density at radius 1 is 1.18 bits per heavy atom. The predicted octanol–water partition coefficient (Wildman–Crippen LogP) is 2.12. The van der Waals surface area contributed by atoms with E-state index in [1.807, 2.05) is 35.0 Å². The minimum absolute atomic E-state index is 0.223. The Morgan fingerprint density at radius 3 is 2.91 bits per heavy atom. The summed E-state index contributed by atoms with van der Waals surface area (Å²) in [5.41, 5.74) is 0.774. The molecule has 1 unspecified atom stereocenters. The first-order valence-corrected chi connectivity index (χ1v) is 7.03. The number of nitrogens with zero attached hydrogens (tertiary/aromatic N) is 3. The summed E-state index contributed by atoms with van der Waals surface area (Å²) in [7, 11) is 0. The van der Waals surface area contributed by atoms with Gasteiger partial charge in [0.2, 0.25) is 0 Å². The molecule has 1 N–H and O–H groups in total. The maximum Gasteiger partial charge on any atom is 0.158 e. The molecule has 0 aliphatic heterocycles. The SMILES string of the molecule is OC(COCc1ccco1)Cn1ccnc1-c1ccccn1. The summed E-state index contributed by atoms with van der Waals surface area (Å²) in [6.45, 7) is 0.964. The molecule has 0 amide bonds. The zero-order valence-corrected chi connectivity index (χ0v) is 12.0. The number of aromatic nitrogens is 3. The Labute approximate surface area is 128 Å². The third-order valence-corrected chi connectivity index (χ3v) is 3.15. The van der Waals surface area contributed by atoms with Crippen LogP contribution in [0.1, 0.15) is 5.76 Å². The highest BCUT2D eigenvalue weighted by atomic mass is 16.5. The zero-order valence-electron chi connectivity index (χ0n) is 12.0. The second-order valence-electron chi connectivity index (χ2n) is 4.87. The van der Waals surface area contributed by atoms with E-state index in [4.69, 9.17) is 9.15 Å². The molecular formula is C16H17N3O3. The van der Waals surface area contributed by atoms with Crippen LogP contribution in [0.2, 0.25) is 0 Å². The minimum Gasteiger partial charge on any atom is -0.467 e. The fourth-order valence-electron chi connectivity index (χ4n) is 2.15. The van der Waals surface area contributed by atoms with Crippen LogP contribution in [-0.4, -0.2) is 32.4 Å². The lowest BCUT2D eigenvalue weighted by Crippen LogP contribution is -2.22. The minimum atomic E-state index is -0.633. The topological polar surface area (TPSA) is 73.3 Å². The average Bonchev–Trinajstić information content (AvgIpc) is 3.20. The molecule has 0 saturated carbocycles. The Morgan fingerprint density at radius 2 is 2.14 bits per heavy atom. The molecule has 1 atom stereocenters. The van der Waals surface area contributed by atoms with Crippen LogP contribution in [0.3, 0.4) is 0 Å². The molecule has 3 rings (SSSR count). The van der Waals surface area contributed by atoms with Crippen molar-refractivity contribution in [2.45, 2.75) is 19.3 Å². The van der Waals surface area contributed by atoms with Crippen LogP contribution < -0.4 is 0 Å².